The molecule has 0 spiro atoms. The Morgan fingerprint density at radius 3 is 1.83 bits per heavy atom. The predicted octanol–water partition coefficient (Wildman–Crippen LogP) is 1.50. The van der Waals surface area contributed by atoms with E-state index in [0.29, 0.717) is 12.1 Å². The first-order valence-electron chi connectivity index (χ1n) is 8.42. The summed E-state index contributed by atoms with van der Waals surface area (Å²) in [6, 6.07) is 4.89. The summed E-state index contributed by atoms with van der Waals surface area (Å²) in [6.07, 6.45) is 19.2. The minimum absolute atomic E-state index is 0.375. The van der Waals surface area contributed by atoms with Gasteiger partial charge in [0.15, 0.2) is 0 Å². The Hall–Kier alpha value is -2.72. The van der Waals surface area contributed by atoms with Crippen molar-refractivity contribution in [2.45, 2.75) is 24.9 Å². The van der Waals surface area contributed by atoms with Crippen LogP contribution in [-0.4, -0.2) is 28.5 Å². The predicted molar refractivity (Wildman–Crippen MR) is 98.2 cm³/mol. The first-order valence-corrected chi connectivity index (χ1v) is 8.42. The van der Waals surface area contributed by atoms with Gasteiger partial charge in [-0.2, -0.15) is 0 Å². The molecule has 5 heterocycles. The lowest BCUT2D eigenvalue weighted by Gasteiger charge is -2.08. The third kappa shape index (κ3) is 2.65. The third-order valence-corrected chi connectivity index (χ3v) is 4.66. The van der Waals surface area contributed by atoms with Crippen LogP contribution in [0.15, 0.2) is 70.0 Å². The van der Waals surface area contributed by atoms with Gasteiger partial charge in [0.2, 0.25) is 0 Å². The maximum atomic E-state index is 4.70. The average molecular weight is 314 g/mol. The molecule has 1 fully saturated rings. The first kappa shape index (κ1) is 13.7. The van der Waals surface area contributed by atoms with Crippen LogP contribution < -0.4 is 16.0 Å². The second-order valence-corrected chi connectivity index (χ2v) is 6.54. The normalized spacial score (nSPS) is 27.2. The molecule has 2 unspecified atom stereocenters. The quantitative estimate of drug-likeness (QED) is 0.749. The lowest BCUT2D eigenvalue weighted by atomic mass is 10.1. The highest BCUT2D eigenvalue weighted by atomic mass is 15.0. The number of hydrogen-bond donors (Lipinski definition) is 2. The molecule has 1 saturated heterocycles. The van der Waals surface area contributed by atoms with Gasteiger partial charge >= 0.3 is 0 Å². The van der Waals surface area contributed by atoms with E-state index in [2.05, 4.69) is 71.0 Å². The minimum atomic E-state index is 0.375. The van der Waals surface area contributed by atoms with Crippen LogP contribution >= 0.6 is 0 Å². The zero-order chi connectivity index (χ0) is 15.9. The highest BCUT2D eigenvalue weighted by Crippen LogP contribution is 2.21. The zero-order valence-corrected chi connectivity index (χ0v) is 13.2. The van der Waals surface area contributed by atoms with Gasteiger partial charge in [-0.05, 0) is 73.6 Å². The van der Waals surface area contributed by atoms with E-state index in [9.17, 15) is 0 Å². The molecule has 118 valence electrons. The summed E-state index contributed by atoms with van der Waals surface area (Å²) in [5, 5.41) is 5.76. The number of aromatic nitrogens is 1. The molecule has 5 rings (SSSR count). The monoisotopic (exact) mass is 314 g/mol. The molecule has 0 aliphatic carbocycles. The summed E-state index contributed by atoms with van der Waals surface area (Å²) in [5.74, 6) is 0. The van der Waals surface area contributed by atoms with Crippen molar-refractivity contribution in [3.8, 4) is 0 Å². The first-order chi connectivity index (χ1) is 11.8. The summed E-state index contributed by atoms with van der Waals surface area (Å²) < 4.78 is 0. The number of aromatic amines is 1. The number of fused-ring (bicyclic) bond motifs is 6. The number of nitrogens with one attached hydrogen (secondary N) is 2. The van der Waals surface area contributed by atoms with Crippen molar-refractivity contribution in [3.05, 3.63) is 70.7 Å². The lowest BCUT2D eigenvalue weighted by molar-refractivity contribution is 0.666. The van der Waals surface area contributed by atoms with Crippen molar-refractivity contribution < 1.29 is 0 Å². The van der Waals surface area contributed by atoms with Crippen LogP contribution in [0.4, 0.5) is 0 Å². The van der Waals surface area contributed by atoms with Gasteiger partial charge in [0.1, 0.15) is 0 Å². The highest BCUT2D eigenvalue weighted by Gasteiger charge is 2.22. The average Bonchev–Trinajstić information content (AvgIpc) is 3.32. The van der Waals surface area contributed by atoms with E-state index in [1.54, 1.807) is 0 Å². The van der Waals surface area contributed by atoms with E-state index in [1.165, 1.54) is 0 Å². The van der Waals surface area contributed by atoms with Crippen molar-refractivity contribution in [3.63, 3.8) is 0 Å². The molecular formula is C20H18N4. The van der Waals surface area contributed by atoms with Crippen LogP contribution in [0.25, 0.3) is 12.2 Å². The minimum Gasteiger partial charge on any atom is -0.355 e. The summed E-state index contributed by atoms with van der Waals surface area (Å²) in [6.45, 7) is 0. The molecule has 0 aromatic carbocycles. The van der Waals surface area contributed by atoms with Crippen LogP contribution in [0.5, 0.6) is 0 Å². The third-order valence-electron chi connectivity index (χ3n) is 4.66. The molecule has 2 atom stereocenters. The molecule has 2 N–H and O–H groups in total. The fourth-order valence-electron chi connectivity index (χ4n) is 3.53. The van der Waals surface area contributed by atoms with E-state index >= 15 is 0 Å². The fourth-order valence-corrected chi connectivity index (χ4v) is 3.53. The molecule has 4 nitrogen and oxygen atoms in total. The second-order valence-electron chi connectivity index (χ2n) is 6.54. The van der Waals surface area contributed by atoms with E-state index in [-0.39, 0.29) is 0 Å². The molecule has 1 aromatic heterocycles. The fraction of sp³-hybridized carbons (Fsp3) is 0.200. The van der Waals surface area contributed by atoms with Gasteiger partial charge in [-0.15, -0.1) is 0 Å². The van der Waals surface area contributed by atoms with Gasteiger partial charge in [0.25, 0.3) is 0 Å². The molecule has 24 heavy (non-hydrogen) atoms. The molecule has 4 aliphatic heterocycles. The van der Waals surface area contributed by atoms with Crippen molar-refractivity contribution in [2.24, 2.45) is 9.98 Å². The van der Waals surface area contributed by atoms with Gasteiger partial charge in [-0.25, -0.2) is 9.98 Å². The zero-order valence-electron chi connectivity index (χ0n) is 13.2. The number of aliphatic imine (C=N–C) groups is 2. The molecule has 0 radical (unpaired) electrons. The molecule has 0 amide bonds. The number of H-pyrrole nitrogens is 1. The van der Waals surface area contributed by atoms with Crippen LogP contribution in [-0.2, 0) is 0 Å². The lowest BCUT2D eigenvalue weighted by Crippen LogP contribution is -2.26. The van der Waals surface area contributed by atoms with Gasteiger partial charge in [0.05, 0.1) is 22.8 Å². The number of hydrogen-bond acceptors (Lipinski definition) is 3. The van der Waals surface area contributed by atoms with E-state index in [0.717, 1.165) is 46.4 Å². The summed E-state index contributed by atoms with van der Waals surface area (Å²) in [4.78, 5) is 12.8. The van der Waals surface area contributed by atoms with E-state index in [1.807, 2.05) is 0 Å². The van der Waals surface area contributed by atoms with Crippen LogP contribution in [0.3, 0.4) is 0 Å². The molecule has 8 bridgehead atoms. The Balaban J connectivity index is 1.63. The summed E-state index contributed by atoms with van der Waals surface area (Å²) in [5.41, 5.74) is 4.05. The van der Waals surface area contributed by atoms with E-state index < -0.39 is 0 Å². The summed E-state index contributed by atoms with van der Waals surface area (Å²) in [7, 11) is 0. The largest absolute Gasteiger partial charge is 0.355 e. The Morgan fingerprint density at radius 1 is 0.750 bits per heavy atom. The second kappa shape index (κ2) is 5.42. The highest BCUT2D eigenvalue weighted by molar-refractivity contribution is 6.20. The SMILES string of the molecule is C1=CC2=NC1=CC1CCC(C=C3C=CC(=N3)C=c3ccc([nH]3)=C2)N1. The van der Waals surface area contributed by atoms with Gasteiger partial charge in [-0.3, -0.25) is 0 Å². The van der Waals surface area contributed by atoms with Gasteiger partial charge in [-0.1, -0.05) is 0 Å². The molecule has 4 aliphatic rings. The number of nitrogens with zero attached hydrogens (tertiary/aromatic N) is 2. The van der Waals surface area contributed by atoms with Crippen molar-refractivity contribution in [2.75, 3.05) is 0 Å². The number of rotatable bonds is 0. The van der Waals surface area contributed by atoms with Crippen LogP contribution in [0, 0.1) is 0 Å². The topological polar surface area (TPSA) is 52.5 Å². The molecule has 4 heteroatoms. The van der Waals surface area contributed by atoms with Gasteiger partial charge < -0.3 is 10.3 Å². The Kier molecular flexibility index (Phi) is 3.10. The van der Waals surface area contributed by atoms with Crippen molar-refractivity contribution >= 4 is 23.6 Å². The van der Waals surface area contributed by atoms with E-state index in [4.69, 9.17) is 9.98 Å². The smallest absolute Gasteiger partial charge is 0.0658 e. The molecule has 1 aromatic rings. The van der Waals surface area contributed by atoms with Crippen molar-refractivity contribution in [1.82, 2.24) is 10.3 Å². The Bertz CT molecular complexity index is 916. The standard InChI is InChI=1S/C20H18N4/c1-2-14-10-16-5-6-18(23-16)12-20-8-7-19(24-20)11-17-4-3-15(22-17)9-13(1)21-14/h1-6,9-12,19-21,24H,7-8H2. The van der Waals surface area contributed by atoms with Gasteiger partial charge in [0, 0.05) is 22.8 Å². The Morgan fingerprint density at radius 2 is 1.29 bits per heavy atom. The number of allylic oxidation sites excluding steroid dienone is 4. The van der Waals surface area contributed by atoms with Crippen molar-refractivity contribution in [1.29, 1.82) is 0 Å². The maximum Gasteiger partial charge on any atom is 0.0658 e. The molecule has 0 saturated carbocycles. The summed E-state index contributed by atoms with van der Waals surface area (Å²) >= 11 is 0. The Labute approximate surface area is 140 Å². The molecular weight excluding hydrogens is 296 g/mol. The van der Waals surface area contributed by atoms with Crippen LogP contribution in [0.1, 0.15) is 12.8 Å². The maximum absolute atomic E-state index is 4.70. The van der Waals surface area contributed by atoms with Crippen LogP contribution in [0.2, 0.25) is 0 Å².